The summed E-state index contributed by atoms with van der Waals surface area (Å²) >= 11 is 0. The van der Waals surface area contributed by atoms with Gasteiger partial charge < -0.3 is 5.73 Å². The molecule has 1 fully saturated rings. The summed E-state index contributed by atoms with van der Waals surface area (Å²) in [5.74, 6) is 0.925. The Bertz CT molecular complexity index is 132. The number of rotatable bonds is 4. The quantitative estimate of drug-likeness (QED) is 0.722. The monoisotopic (exact) mass is 184 g/mol. The third-order valence-electron chi connectivity index (χ3n) is 3.39. The molecule has 2 unspecified atom stereocenters. The Morgan fingerprint density at radius 3 is 2.77 bits per heavy atom. The molecule has 1 rings (SSSR count). The van der Waals surface area contributed by atoms with Gasteiger partial charge in [-0.05, 0) is 31.7 Å². The van der Waals surface area contributed by atoms with Gasteiger partial charge >= 0.3 is 0 Å². The number of nitrogens with zero attached hydrogens (tertiary/aromatic N) is 1. The fourth-order valence-corrected chi connectivity index (χ4v) is 2.34. The van der Waals surface area contributed by atoms with Crippen LogP contribution in [0, 0.1) is 5.92 Å². The summed E-state index contributed by atoms with van der Waals surface area (Å²) in [5, 5.41) is 0. The highest BCUT2D eigenvalue weighted by molar-refractivity contribution is 4.78. The zero-order chi connectivity index (χ0) is 9.68. The van der Waals surface area contributed by atoms with Gasteiger partial charge in [-0.1, -0.05) is 20.3 Å². The highest BCUT2D eigenvalue weighted by Gasteiger charge is 2.22. The lowest BCUT2D eigenvalue weighted by molar-refractivity contribution is 0.121. The topological polar surface area (TPSA) is 29.3 Å². The molecule has 0 amide bonds. The van der Waals surface area contributed by atoms with Crippen LogP contribution in [0.15, 0.2) is 0 Å². The molecule has 2 N–H and O–H groups in total. The van der Waals surface area contributed by atoms with Crippen molar-refractivity contribution in [1.82, 2.24) is 4.90 Å². The SMILES string of the molecule is CCC1CCCN(C(CC)CN)C1. The van der Waals surface area contributed by atoms with Gasteiger partial charge in [0.25, 0.3) is 0 Å². The first-order valence-electron chi connectivity index (χ1n) is 5.75. The molecule has 1 aliphatic heterocycles. The molecular weight excluding hydrogens is 160 g/mol. The second-order valence-electron chi connectivity index (χ2n) is 4.21. The molecule has 0 aromatic rings. The minimum Gasteiger partial charge on any atom is -0.329 e. The first kappa shape index (κ1) is 11.0. The van der Waals surface area contributed by atoms with Gasteiger partial charge in [0.1, 0.15) is 0 Å². The summed E-state index contributed by atoms with van der Waals surface area (Å²) in [5.41, 5.74) is 5.76. The third kappa shape index (κ3) is 2.96. The van der Waals surface area contributed by atoms with Gasteiger partial charge in [0.2, 0.25) is 0 Å². The van der Waals surface area contributed by atoms with Crippen molar-refractivity contribution < 1.29 is 0 Å². The number of hydrogen-bond acceptors (Lipinski definition) is 2. The van der Waals surface area contributed by atoms with Crippen LogP contribution in [0.3, 0.4) is 0 Å². The first-order valence-corrected chi connectivity index (χ1v) is 5.75. The molecule has 0 aromatic heterocycles. The Hall–Kier alpha value is -0.0800. The molecule has 2 heteroatoms. The summed E-state index contributed by atoms with van der Waals surface area (Å²) in [6.45, 7) is 7.93. The minimum absolute atomic E-state index is 0.634. The van der Waals surface area contributed by atoms with E-state index in [2.05, 4.69) is 18.7 Å². The van der Waals surface area contributed by atoms with Gasteiger partial charge in [-0.15, -0.1) is 0 Å². The van der Waals surface area contributed by atoms with E-state index in [0.717, 1.165) is 12.5 Å². The number of hydrogen-bond donors (Lipinski definition) is 1. The number of nitrogens with two attached hydrogens (primary N) is 1. The van der Waals surface area contributed by atoms with E-state index in [4.69, 9.17) is 5.73 Å². The zero-order valence-electron chi connectivity index (χ0n) is 9.13. The van der Waals surface area contributed by atoms with E-state index >= 15 is 0 Å². The summed E-state index contributed by atoms with van der Waals surface area (Å²) < 4.78 is 0. The minimum atomic E-state index is 0.634. The predicted molar refractivity (Wildman–Crippen MR) is 57.7 cm³/mol. The smallest absolute Gasteiger partial charge is 0.0215 e. The Morgan fingerprint density at radius 1 is 1.46 bits per heavy atom. The average Bonchev–Trinajstić information content (AvgIpc) is 2.20. The molecule has 0 aromatic carbocycles. The lowest BCUT2D eigenvalue weighted by Crippen LogP contribution is -2.45. The van der Waals surface area contributed by atoms with Crippen LogP contribution in [0.1, 0.15) is 39.5 Å². The van der Waals surface area contributed by atoms with E-state index < -0.39 is 0 Å². The second kappa shape index (κ2) is 5.61. The molecule has 13 heavy (non-hydrogen) atoms. The van der Waals surface area contributed by atoms with Crippen LogP contribution in [0.25, 0.3) is 0 Å². The lowest BCUT2D eigenvalue weighted by Gasteiger charge is -2.37. The van der Waals surface area contributed by atoms with Crippen molar-refractivity contribution in [2.75, 3.05) is 19.6 Å². The predicted octanol–water partition coefficient (Wildman–Crippen LogP) is 1.85. The van der Waals surface area contributed by atoms with Crippen LogP contribution < -0.4 is 5.73 Å². The van der Waals surface area contributed by atoms with Crippen LogP contribution in [0.5, 0.6) is 0 Å². The third-order valence-corrected chi connectivity index (χ3v) is 3.39. The molecule has 0 radical (unpaired) electrons. The zero-order valence-corrected chi connectivity index (χ0v) is 9.13. The van der Waals surface area contributed by atoms with Crippen molar-refractivity contribution in [2.45, 2.75) is 45.6 Å². The maximum atomic E-state index is 5.76. The van der Waals surface area contributed by atoms with Crippen LogP contribution in [-0.2, 0) is 0 Å². The first-order chi connectivity index (χ1) is 6.31. The summed E-state index contributed by atoms with van der Waals surface area (Å²) in [4.78, 5) is 2.59. The van der Waals surface area contributed by atoms with Crippen LogP contribution in [-0.4, -0.2) is 30.6 Å². The van der Waals surface area contributed by atoms with E-state index in [1.165, 1.54) is 38.8 Å². The molecule has 2 nitrogen and oxygen atoms in total. The summed E-state index contributed by atoms with van der Waals surface area (Å²) in [7, 11) is 0. The molecule has 0 bridgehead atoms. The van der Waals surface area contributed by atoms with Gasteiger partial charge in [0.05, 0.1) is 0 Å². The van der Waals surface area contributed by atoms with E-state index in [-0.39, 0.29) is 0 Å². The molecule has 1 saturated heterocycles. The molecule has 0 spiro atoms. The molecule has 2 atom stereocenters. The highest BCUT2D eigenvalue weighted by Crippen LogP contribution is 2.21. The molecule has 78 valence electrons. The summed E-state index contributed by atoms with van der Waals surface area (Å²) in [6.07, 6.45) is 5.33. The lowest BCUT2D eigenvalue weighted by atomic mass is 9.94. The molecule has 0 aliphatic carbocycles. The Labute approximate surface area is 82.5 Å². The highest BCUT2D eigenvalue weighted by atomic mass is 15.2. The van der Waals surface area contributed by atoms with E-state index in [1.54, 1.807) is 0 Å². The van der Waals surface area contributed by atoms with E-state index in [1.807, 2.05) is 0 Å². The van der Waals surface area contributed by atoms with E-state index in [9.17, 15) is 0 Å². The van der Waals surface area contributed by atoms with Gasteiger partial charge in [-0.2, -0.15) is 0 Å². The van der Waals surface area contributed by atoms with Crippen molar-refractivity contribution in [3.05, 3.63) is 0 Å². The van der Waals surface area contributed by atoms with Crippen LogP contribution in [0.4, 0.5) is 0 Å². The van der Waals surface area contributed by atoms with Gasteiger partial charge in [-0.25, -0.2) is 0 Å². The van der Waals surface area contributed by atoms with Crippen molar-refractivity contribution in [3.8, 4) is 0 Å². The largest absolute Gasteiger partial charge is 0.329 e. The van der Waals surface area contributed by atoms with Crippen molar-refractivity contribution in [2.24, 2.45) is 11.7 Å². The Kier molecular flexibility index (Phi) is 4.74. The van der Waals surface area contributed by atoms with Gasteiger partial charge in [0.15, 0.2) is 0 Å². The number of likely N-dealkylation sites (tertiary alicyclic amines) is 1. The van der Waals surface area contributed by atoms with Crippen molar-refractivity contribution in [1.29, 1.82) is 0 Å². The molecular formula is C11H24N2. The number of piperidine rings is 1. The maximum absolute atomic E-state index is 5.76. The Morgan fingerprint density at radius 2 is 2.23 bits per heavy atom. The van der Waals surface area contributed by atoms with E-state index in [0.29, 0.717) is 6.04 Å². The standard InChI is InChI=1S/C11H24N2/c1-3-10-6-5-7-13(9-10)11(4-2)8-12/h10-11H,3-9,12H2,1-2H3. The molecule has 0 saturated carbocycles. The fraction of sp³-hybridized carbons (Fsp3) is 1.00. The Balaban J connectivity index is 2.40. The van der Waals surface area contributed by atoms with Gasteiger partial charge in [0, 0.05) is 19.1 Å². The van der Waals surface area contributed by atoms with Crippen LogP contribution in [0.2, 0.25) is 0 Å². The average molecular weight is 184 g/mol. The second-order valence-corrected chi connectivity index (χ2v) is 4.21. The van der Waals surface area contributed by atoms with Crippen molar-refractivity contribution in [3.63, 3.8) is 0 Å². The molecule has 1 heterocycles. The molecule has 1 aliphatic rings. The fourth-order valence-electron chi connectivity index (χ4n) is 2.34. The van der Waals surface area contributed by atoms with Crippen LogP contribution >= 0.6 is 0 Å². The maximum Gasteiger partial charge on any atom is 0.0215 e. The normalized spacial score (nSPS) is 27.5. The van der Waals surface area contributed by atoms with Crippen molar-refractivity contribution >= 4 is 0 Å². The van der Waals surface area contributed by atoms with Gasteiger partial charge in [-0.3, -0.25) is 4.90 Å². The summed E-state index contributed by atoms with van der Waals surface area (Å²) in [6, 6.07) is 0.634.